The number of piperazine rings is 1. The zero-order chi connectivity index (χ0) is 12.5. The Morgan fingerprint density at radius 3 is 2.78 bits per heavy atom. The zero-order valence-corrected chi connectivity index (χ0v) is 10.2. The minimum Gasteiger partial charge on any atom is -0.396 e. The molecule has 1 aromatic heterocycles. The molecule has 0 amide bonds. The van der Waals surface area contributed by atoms with Gasteiger partial charge < -0.3 is 10.0 Å². The standard InChI is InChI=1S/C12H17FN4O/c13-10-4-14-12(15-5-10)17-2-1-16-6-9(8-18)3-11(16)7-17/h4-5,9,11,18H,1-3,6-8H2/t9-,11-/m0/s1. The van der Waals surface area contributed by atoms with Crippen molar-refractivity contribution in [1.82, 2.24) is 14.9 Å². The summed E-state index contributed by atoms with van der Waals surface area (Å²) in [7, 11) is 0. The van der Waals surface area contributed by atoms with Gasteiger partial charge in [-0.1, -0.05) is 0 Å². The second-order valence-corrected chi connectivity index (χ2v) is 5.08. The molecule has 1 aromatic rings. The van der Waals surface area contributed by atoms with Crippen LogP contribution in [0.4, 0.5) is 10.3 Å². The lowest BCUT2D eigenvalue weighted by atomic mass is 10.1. The molecule has 0 radical (unpaired) electrons. The van der Waals surface area contributed by atoms with Crippen molar-refractivity contribution in [3.63, 3.8) is 0 Å². The quantitative estimate of drug-likeness (QED) is 0.810. The highest BCUT2D eigenvalue weighted by molar-refractivity contribution is 5.30. The average Bonchev–Trinajstić information content (AvgIpc) is 2.81. The van der Waals surface area contributed by atoms with Crippen molar-refractivity contribution in [3.8, 4) is 0 Å². The maximum Gasteiger partial charge on any atom is 0.225 e. The van der Waals surface area contributed by atoms with Crippen molar-refractivity contribution in [2.45, 2.75) is 12.5 Å². The molecule has 0 aromatic carbocycles. The summed E-state index contributed by atoms with van der Waals surface area (Å²) in [6.07, 6.45) is 3.44. The Bertz CT molecular complexity index is 413. The van der Waals surface area contributed by atoms with Gasteiger partial charge in [0, 0.05) is 38.8 Å². The summed E-state index contributed by atoms with van der Waals surface area (Å²) < 4.78 is 12.8. The van der Waals surface area contributed by atoms with Crippen molar-refractivity contribution in [2.24, 2.45) is 5.92 Å². The summed E-state index contributed by atoms with van der Waals surface area (Å²) in [6.45, 7) is 3.93. The van der Waals surface area contributed by atoms with Crippen LogP contribution in [0.5, 0.6) is 0 Å². The Labute approximate surface area is 105 Å². The summed E-state index contributed by atoms with van der Waals surface area (Å²) in [5.74, 6) is 0.589. The van der Waals surface area contributed by atoms with Gasteiger partial charge in [0.25, 0.3) is 0 Å². The fourth-order valence-corrected chi connectivity index (χ4v) is 2.93. The molecule has 0 spiro atoms. The summed E-state index contributed by atoms with van der Waals surface area (Å²) in [5.41, 5.74) is 0. The van der Waals surface area contributed by atoms with Gasteiger partial charge in [-0.25, -0.2) is 14.4 Å². The number of rotatable bonds is 2. The van der Waals surface area contributed by atoms with E-state index in [1.54, 1.807) is 0 Å². The van der Waals surface area contributed by atoms with Gasteiger partial charge in [-0.15, -0.1) is 0 Å². The van der Waals surface area contributed by atoms with Crippen LogP contribution < -0.4 is 4.90 Å². The van der Waals surface area contributed by atoms with Gasteiger partial charge in [-0.3, -0.25) is 4.90 Å². The van der Waals surface area contributed by atoms with Crippen molar-refractivity contribution in [1.29, 1.82) is 0 Å². The zero-order valence-electron chi connectivity index (χ0n) is 10.2. The van der Waals surface area contributed by atoms with E-state index in [0.717, 1.165) is 32.6 Å². The minimum absolute atomic E-state index is 0.264. The molecule has 2 fully saturated rings. The Morgan fingerprint density at radius 1 is 1.28 bits per heavy atom. The smallest absolute Gasteiger partial charge is 0.225 e. The molecule has 5 nitrogen and oxygen atoms in total. The first-order valence-electron chi connectivity index (χ1n) is 6.33. The molecule has 2 saturated heterocycles. The van der Waals surface area contributed by atoms with Crippen LogP contribution in [-0.4, -0.2) is 58.8 Å². The predicted molar refractivity (Wildman–Crippen MR) is 64.8 cm³/mol. The topological polar surface area (TPSA) is 52.5 Å². The summed E-state index contributed by atoms with van der Waals surface area (Å²) in [4.78, 5) is 12.6. The largest absolute Gasteiger partial charge is 0.396 e. The normalized spacial score (nSPS) is 28.4. The van der Waals surface area contributed by atoms with Gasteiger partial charge >= 0.3 is 0 Å². The molecule has 18 heavy (non-hydrogen) atoms. The number of aromatic nitrogens is 2. The molecule has 3 rings (SSSR count). The van der Waals surface area contributed by atoms with Crippen LogP contribution in [0.25, 0.3) is 0 Å². The fraction of sp³-hybridized carbons (Fsp3) is 0.667. The molecular formula is C12H17FN4O. The van der Waals surface area contributed by atoms with Gasteiger partial charge in [-0.2, -0.15) is 0 Å². The molecule has 6 heteroatoms. The second-order valence-electron chi connectivity index (χ2n) is 5.08. The first-order chi connectivity index (χ1) is 8.76. The van der Waals surface area contributed by atoms with E-state index in [9.17, 15) is 9.50 Å². The van der Waals surface area contributed by atoms with Gasteiger partial charge in [-0.05, 0) is 12.3 Å². The van der Waals surface area contributed by atoms with Crippen molar-refractivity contribution in [2.75, 3.05) is 37.7 Å². The SMILES string of the molecule is OC[C@H]1C[C@H]2CN(c3ncc(F)cn3)CCN2C1. The molecule has 2 atom stereocenters. The van der Waals surface area contributed by atoms with E-state index in [0.29, 0.717) is 17.9 Å². The predicted octanol–water partition coefficient (Wildman–Crippen LogP) is 0.118. The van der Waals surface area contributed by atoms with E-state index >= 15 is 0 Å². The minimum atomic E-state index is -0.404. The van der Waals surface area contributed by atoms with Crippen LogP contribution >= 0.6 is 0 Å². The number of halogens is 1. The van der Waals surface area contributed by atoms with Gasteiger partial charge in [0.15, 0.2) is 5.82 Å². The molecule has 98 valence electrons. The van der Waals surface area contributed by atoms with E-state index in [2.05, 4.69) is 19.8 Å². The number of anilines is 1. The first kappa shape index (κ1) is 11.8. The van der Waals surface area contributed by atoms with E-state index in [1.165, 1.54) is 12.4 Å². The van der Waals surface area contributed by atoms with Crippen LogP contribution in [0.2, 0.25) is 0 Å². The Hall–Kier alpha value is -1.27. The third kappa shape index (κ3) is 2.18. The number of hydrogen-bond acceptors (Lipinski definition) is 5. The molecule has 1 N–H and O–H groups in total. The lowest BCUT2D eigenvalue weighted by molar-refractivity contribution is 0.208. The highest BCUT2D eigenvalue weighted by Gasteiger charge is 2.36. The van der Waals surface area contributed by atoms with Crippen molar-refractivity contribution in [3.05, 3.63) is 18.2 Å². The maximum atomic E-state index is 12.8. The van der Waals surface area contributed by atoms with Crippen LogP contribution in [0.1, 0.15) is 6.42 Å². The van der Waals surface area contributed by atoms with Crippen LogP contribution in [0.3, 0.4) is 0 Å². The van der Waals surface area contributed by atoms with E-state index in [1.807, 2.05) is 0 Å². The summed E-state index contributed by atoms with van der Waals surface area (Å²) in [5, 5.41) is 9.22. The molecule has 0 unspecified atom stereocenters. The van der Waals surface area contributed by atoms with Crippen LogP contribution in [0.15, 0.2) is 12.4 Å². The summed E-state index contributed by atoms with van der Waals surface area (Å²) in [6, 6.07) is 0.463. The third-order valence-corrected chi connectivity index (χ3v) is 3.85. The fourth-order valence-electron chi connectivity index (χ4n) is 2.93. The number of nitrogens with zero attached hydrogens (tertiary/aromatic N) is 4. The highest BCUT2D eigenvalue weighted by atomic mass is 19.1. The Kier molecular flexibility index (Phi) is 3.13. The molecule has 0 saturated carbocycles. The summed E-state index contributed by atoms with van der Waals surface area (Å²) >= 11 is 0. The van der Waals surface area contributed by atoms with Gasteiger partial charge in [0.1, 0.15) is 0 Å². The van der Waals surface area contributed by atoms with E-state index in [4.69, 9.17) is 0 Å². The molecule has 2 aliphatic rings. The Morgan fingerprint density at radius 2 is 2.06 bits per heavy atom. The molecule has 0 aliphatic carbocycles. The van der Waals surface area contributed by atoms with Crippen LogP contribution in [-0.2, 0) is 0 Å². The van der Waals surface area contributed by atoms with Gasteiger partial charge in [0.05, 0.1) is 12.4 Å². The van der Waals surface area contributed by atoms with Crippen molar-refractivity contribution >= 4 is 5.95 Å². The van der Waals surface area contributed by atoms with Crippen LogP contribution in [0, 0.1) is 11.7 Å². The monoisotopic (exact) mass is 252 g/mol. The molecule has 3 heterocycles. The Balaban J connectivity index is 1.68. The molecule has 2 aliphatic heterocycles. The lowest BCUT2D eigenvalue weighted by Gasteiger charge is -2.37. The molecular weight excluding hydrogens is 235 g/mol. The maximum absolute atomic E-state index is 12.8. The van der Waals surface area contributed by atoms with Gasteiger partial charge in [0.2, 0.25) is 5.95 Å². The van der Waals surface area contributed by atoms with E-state index in [-0.39, 0.29) is 6.61 Å². The molecule has 0 bridgehead atoms. The van der Waals surface area contributed by atoms with E-state index < -0.39 is 5.82 Å². The second kappa shape index (κ2) is 4.78. The number of hydrogen-bond donors (Lipinski definition) is 1. The third-order valence-electron chi connectivity index (χ3n) is 3.85. The number of aliphatic hydroxyl groups excluding tert-OH is 1. The van der Waals surface area contributed by atoms with Crippen molar-refractivity contribution < 1.29 is 9.50 Å². The average molecular weight is 252 g/mol. The first-order valence-corrected chi connectivity index (χ1v) is 6.33. The number of aliphatic hydroxyl groups is 1. The number of fused-ring (bicyclic) bond motifs is 1. The highest BCUT2D eigenvalue weighted by Crippen LogP contribution is 2.27. The lowest BCUT2D eigenvalue weighted by Crippen LogP contribution is -2.50.